The summed E-state index contributed by atoms with van der Waals surface area (Å²) >= 11 is 0. The zero-order valence-electron chi connectivity index (χ0n) is 15.1. The maximum absolute atomic E-state index is 12.1. The highest BCUT2D eigenvalue weighted by Crippen LogP contribution is 2.15. The lowest BCUT2D eigenvalue weighted by Gasteiger charge is -2.32. The van der Waals surface area contributed by atoms with E-state index in [0.29, 0.717) is 25.4 Å². The van der Waals surface area contributed by atoms with Crippen LogP contribution in [0.5, 0.6) is 0 Å². The minimum atomic E-state index is -0.212. The van der Waals surface area contributed by atoms with E-state index in [1.807, 2.05) is 30.9 Å². The van der Waals surface area contributed by atoms with Gasteiger partial charge >= 0.3 is 6.03 Å². The average molecular weight is 332 g/mol. The van der Waals surface area contributed by atoms with Crippen molar-refractivity contribution >= 4 is 17.6 Å². The third kappa shape index (κ3) is 5.22. The number of nitrogens with one attached hydrogen (secondary N) is 2. The molecule has 0 atom stereocenters. The molecule has 6 heteroatoms. The average Bonchev–Trinajstić information content (AvgIpc) is 2.50. The van der Waals surface area contributed by atoms with Gasteiger partial charge in [-0.15, -0.1) is 0 Å². The number of aromatic nitrogens is 1. The van der Waals surface area contributed by atoms with Crippen molar-refractivity contribution in [2.45, 2.75) is 53.0 Å². The number of pyridine rings is 1. The molecule has 0 unspecified atom stereocenters. The summed E-state index contributed by atoms with van der Waals surface area (Å²) in [5.41, 5.74) is 2.46. The summed E-state index contributed by atoms with van der Waals surface area (Å²) in [5, 5.41) is 5.85. The highest BCUT2D eigenvalue weighted by atomic mass is 16.2. The molecule has 0 bridgehead atoms. The first-order chi connectivity index (χ1) is 11.3. The molecule has 1 aliphatic heterocycles. The van der Waals surface area contributed by atoms with E-state index in [4.69, 9.17) is 0 Å². The van der Waals surface area contributed by atoms with Gasteiger partial charge in [-0.3, -0.25) is 9.78 Å². The Morgan fingerprint density at radius 1 is 1.25 bits per heavy atom. The number of hydrogen-bond acceptors (Lipinski definition) is 3. The summed E-state index contributed by atoms with van der Waals surface area (Å²) in [6, 6.07) is 3.63. The van der Waals surface area contributed by atoms with Crippen molar-refractivity contribution in [1.82, 2.24) is 15.2 Å². The molecular formula is C18H28N4O2. The zero-order chi connectivity index (χ0) is 17.7. The maximum atomic E-state index is 12.1. The van der Waals surface area contributed by atoms with Gasteiger partial charge in [0.2, 0.25) is 5.91 Å². The van der Waals surface area contributed by atoms with Crippen LogP contribution in [0.3, 0.4) is 0 Å². The fourth-order valence-electron chi connectivity index (χ4n) is 2.91. The van der Waals surface area contributed by atoms with Gasteiger partial charge in [0.25, 0.3) is 0 Å². The van der Waals surface area contributed by atoms with E-state index < -0.39 is 0 Å². The van der Waals surface area contributed by atoms with E-state index in [1.165, 1.54) is 0 Å². The van der Waals surface area contributed by atoms with Crippen molar-refractivity contribution in [3.05, 3.63) is 23.5 Å². The molecule has 1 fully saturated rings. The van der Waals surface area contributed by atoms with E-state index in [0.717, 1.165) is 29.9 Å². The van der Waals surface area contributed by atoms with Crippen molar-refractivity contribution in [1.29, 1.82) is 0 Å². The second kappa shape index (κ2) is 8.13. The molecule has 6 nitrogen and oxygen atoms in total. The van der Waals surface area contributed by atoms with Gasteiger partial charge < -0.3 is 15.5 Å². The predicted molar refractivity (Wildman–Crippen MR) is 94.9 cm³/mol. The molecule has 1 aromatic rings. The predicted octanol–water partition coefficient (Wildman–Crippen LogP) is 2.86. The second-order valence-corrected chi connectivity index (χ2v) is 6.94. The molecule has 132 valence electrons. The number of piperidine rings is 1. The van der Waals surface area contributed by atoms with Crippen LogP contribution < -0.4 is 10.6 Å². The number of likely N-dealkylation sites (tertiary alicyclic amines) is 1. The number of urea groups is 1. The van der Waals surface area contributed by atoms with Gasteiger partial charge in [-0.2, -0.15) is 0 Å². The van der Waals surface area contributed by atoms with E-state index in [1.54, 1.807) is 0 Å². The SMILES string of the molecule is Cc1ccc(NC(=O)NC2CCN(C(=O)CC(C)C)CC2)c(C)n1. The van der Waals surface area contributed by atoms with Gasteiger partial charge in [-0.05, 0) is 44.7 Å². The molecule has 0 radical (unpaired) electrons. The molecule has 2 rings (SSSR count). The second-order valence-electron chi connectivity index (χ2n) is 6.94. The van der Waals surface area contributed by atoms with Crippen molar-refractivity contribution in [3.63, 3.8) is 0 Å². The smallest absolute Gasteiger partial charge is 0.319 e. The van der Waals surface area contributed by atoms with Crippen LogP contribution >= 0.6 is 0 Å². The molecular weight excluding hydrogens is 304 g/mol. The van der Waals surface area contributed by atoms with Crippen LogP contribution in [0.1, 0.15) is 44.5 Å². The Kier molecular flexibility index (Phi) is 6.17. The molecule has 0 spiro atoms. The van der Waals surface area contributed by atoms with Gasteiger partial charge in [-0.1, -0.05) is 13.8 Å². The van der Waals surface area contributed by atoms with Gasteiger partial charge in [0, 0.05) is 31.2 Å². The Morgan fingerprint density at radius 2 is 1.92 bits per heavy atom. The largest absolute Gasteiger partial charge is 0.343 e. The summed E-state index contributed by atoms with van der Waals surface area (Å²) in [6.07, 6.45) is 2.18. The van der Waals surface area contributed by atoms with Gasteiger partial charge in [0.1, 0.15) is 0 Å². The van der Waals surface area contributed by atoms with Crippen LogP contribution in [-0.2, 0) is 4.79 Å². The Morgan fingerprint density at radius 3 is 2.50 bits per heavy atom. The Balaban J connectivity index is 1.79. The molecule has 0 aliphatic carbocycles. The number of hydrogen-bond donors (Lipinski definition) is 2. The van der Waals surface area contributed by atoms with Crippen molar-refractivity contribution in [2.75, 3.05) is 18.4 Å². The van der Waals surface area contributed by atoms with Crippen LogP contribution in [0.15, 0.2) is 12.1 Å². The number of carbonyl (C=O) groups excluding carboxylic acids is 2. The third-order valence-corrected chi connectivity index (χ3v) is 4.24. The zero-order valence-corrected chi connectivity index (χ0v) is 15.1. The molecule has 0 aromatic carbocycles. The van der Waals surface area contributed by atoms with Crippen LogP contribution in [0.25, 0.3) is 0 Å². The van der Waals surface area contributed by atoms with Crippen LogP contribution in [0.4, 0.5) is 10.5 Å². The molecule has 1 aliphatic rings. The normalized spacial score (nSPS) is 15.5. The van der Waals surface area contributed by atoms with Crippen LogP contribution in [0.2, 0.25) is 0 Å². The number of rotatable bonds is 4. The highest BCUT2D eigenvalue weighted by molar-refractivity contribution is 5.90. The first-order valence-electron chi connectivity index (χ1n) is 8.64. The fourth-order valence-corrected chi connectivity index (χ4v) is 2.91. The first-order valence-corrected chi connectivity index (χ1v) is 8.64. The van der Waals surface area contributed by atoms with E-state index in [2.05, 4.69) is 29.5 Å². The summed E-state index contributed by atoms with van der Waals surface area (Å²) in [5.74, 6) is 0.597. The first kappa shape index (κ1) is 18.2. The number of anilines is 1. The maximum Gasteiger partial charge on any atom is 0.319 e. The number of nitrogens with zero attached hydrogens (tertiary/aromatic N) is 2. The fraction of sp³-hybridized carbons (Fsp3) is 0.611. The lowest BCUT2D eigenvalue weighted by Crippen LogP contribution is -2.47. The Hall–Kier alpha value is -2.11. The standard InChI is InChI=1S/C18H28N4O2/c1-12(2)11-17(23)22-9-7-15(8-10-22)20-18(24)21-16-6-5-13(3)19-14(16)4/h5-6,12,15H,7-11H2,1-4H3,(H2,20,21,24). The van der Waals surface area contributed by atoms with Gasteiger partial charge in [0.15, 0.2) is 0 Å². The molecule has 1 saturated heterocycles. The van der Waals surface area contributed by atoms with Crippen molar-refractivity contribution < 1.29 is 9.59 Å². The monoisotopic (exact) mass is 332 g/mol. The minimum Gasteiger partial charge on any atom is -0.343 e. The van der Waals surface area contributed by atoms with E-state index >= 15 is 0 Å². The molecule has 2 N–H and O–H groups in total. The van der Waals surface area contributed by atoms with E-state index in [-0.39, 0.29) is 18.0 Å². The lowest BCUT2D eigenvalue weighted by atomic mass is 10.0. The number of aryl methyl sites for hydroxylation is 2. The van der Waals surface area contributed by atoms with Crippen molar-refractivity contribution in [3.8, 4) is 0 Å². The minimum absolute atomic E-state index is 0.104. The van der Waals surface area contributed by atoms with E-state index in [9.17, 15) is 9.59 Å². The summed E-state index contributed by atoms with van der Waals surface area (Å²) in [4.78, 5) is 30.5. The van der Waals surface area contributed by atoms with Crippen LogP contribution in [-0.4, -0.2) is 41.0 Å². The Bertz CT molecular complexity index is 593. The summed E-state index contributed by atoms with van der Waals surface area (Å²) in [6.45, 7) is 9.33. The van der Waals surface area contributed by atoms with Gasteiger partial charge in [-0.25, -0.2) is 4.79 Å². The number of amides is 3. The molecule has 1 aromatic heterocycles. The number of carbonyl (C=O) groups is 2. The van der Waals surface area contributed by atoms with Crippen LogP contribution in [0, 0.1) is 19.8 Å². The molecule has 0 saturated carbocycles. The summed E-state index contributed by atoms with van der Waals surface area (Å²) < 4.78 is 0. The van der Waals surface area contributed by atoms with Gasteiger partial charge in [0.05, 0.1) is 11.4 Å². The topological polar surface area (TPSA) is 74.3 Å². The molecule has 2 heterocycles. The third-order valence-electron chi connectivity index (χ3n) is 4.24. The van der Waals surface area contributed by atoms with Crippen molar-refractivity contribution in [2.24, 2.45) is 5.92 Å². The Labute approximate surface area is 144 Å². The lowest BCUT2D eigenvalue weighted by molar-refractivity contribution is -0.133. The highest BCUT2D eigenvalue weighted by Gasteiger charge is 2.24. The molecule has 24 heavy (non-hydrogen) atoms. The quantitative estimate of drug-likeness (QED) is 0.890. The summed E-state index contributed by atoms with van der Waals surface area (Å²) in [7, 11) is 0. The molecule has 3 amide bonds.